The predicted molar refractivity (Wildman–Crippen MR) is 60.8 cm³/mol. The second-order valence-electron chi connectivity index (χ2n) is 2.79. The Balaban J connectivity index is 2.83. The van der Waals surface area contributed by atoms with Crippen LogP contribution in [0.1, 0.15) is 11.6 Å². The highest BCUT2D eigenvalue weighted by Crippen LogP contribution is 2.17. The molecule has 3 N–H and O–H groups in total. The third kappa shape index (κ3) is 3.21. The van der Waals surface area contributed by atoms with E-state index in [1.807, 2.05) is 12.1 Å². The fraction of sp³-hybridized carbons (Fsp3) is 0.222. The molecule has 1 amide bonds. The number of nitrogens with one attached hydrogen (secondary N) is 1. The number of rotatable bonds is 3. The van der Waals surface area contributed by atoms with Crippen LogP contribution in [-0.2, 0) is 0 Å². The molecule has 0 aliphatic heterocycles. The molecule has 1 atom stereocenters. The summed E-state index contributed by atoms with van der Waals surface area (Å²) in [7, 11) is 0. The summed E-state index contributed by atoms with van der Waals surface area (Å²) in [5, 5.41) is 2.83. The number of carbonyl (C=O) groups is 1. The summed E-state index contributed by atoms with van der Waals surface area (Å²) in [6, 6.07) is 6.96. The maximum atomic E-state index is 10.7. The normalized spacial score (nSPS) is 12.2. The molecule has 1 aromatic carbocycles. The molecule has 76 valence electrons. The van der Waals surface area contributed by atoms with Crippen LogP contribution in [-0.4, -0.2) is 11.8 Å². The second-order valence-corrected chi connectivity index (χ2v) is 3.64. The SMILES string of the molecule is NCC(NC(=O)S)c1cccc(Cl)c1. The highest BCUT2D eigenvalue weighted by atomic mass is 35.5. The first-order valence-electron chi connectivity index (χ1n) is 4.08. The van der Waals surface area contributed by atoms with Gasteiger partial charge in [-0.15, -0.1) is 0 Å². The molecule has 0 fully saturated rings. The smallest absolute Gasteiger partial charge is 0.276 e. The molecule has 0 aliphatic carbocycles. The van der Waals surface area contributed by atoms with E-state index in [1.54, 1.807) is 12.1 Å². The minimum Gasteiger partial charge on any atom is -0.339 e. The molecule has 0 saturated heterocycles. The van der Waals surface area contributed by atoms with Gasteiger partial charge in [0.15, 0.2) is 0 Å². The van der Waals surface area contributed by atoms with Gasteiger partial charge in [-0.05, 0) is 17.7 Å². The Morgan fingerprint density at radius 3 is 2.86 bits per heavy atom. The van der Waals surface area contributed by atoms with Gasteiger partial charge in [-0.3, -0.25) is 4.79 Å². The number of hydrogen-bond acceptors (Lipinski definition) is 2. The first-order chi connectivity index (χ1) is 6.63. The van der Waals surface area contributed by atoms with Crippen molar-refractivity contribution in [2.75, 3.05) is 6.54 Å². The predicted octanol–water partition coefficient (Wildman–Crippen LogP) is 1.98. The fourth-order valence-electron chi connectivity index (χ4n) is 1.15. The van der Waals surface area contributed by atoms with E-state index in [-0.39, 0.29) is 6.04 Å². The van der Waals surface area contributed by atoms with Crippen molar-refractivity contribution in [1.82, 2.24) is 5.32 Å². The van der Waals surface area contributed by atoms with E-state index < -0.39 is 5.24 Å². The van der Waals surface area contributed by atoms with Crippen LogP contribution in [0.2, 0.25) is 5.02 Å². The first kappa shape index (κ1) is 11.4. The maximum absolute atomic E-state index is 10.7. The first-order valence-corrected chi connectivity index (χ1v) is 4.91. The zero-order chi connectivity index (χ0) is 10.6. The Bertz CT molecular complexity index is 332. The molecule has 1 aromatic rings. The van der Waals surface area contributed by atoms with Crippen LogP contribution >= 0.6 is 24.2 Å². The van der Waals surface area contributed by atoms with Crippen molar-refractivity contribution in [3.05, 3.63) is 34.9 Å². The number of hydrogen-bond donors (Lipinski definition) is 3. The summed E-state index contributed by atoms with van der Waals surface area (Å²) in [5.74, 6) is 0. The summed E-state index contributed by atoms with van der Waals surface area (Å²) < 4.78 is 0. The van der Waals surface area contributed by atoms with Crippen molar-refractivity contribution in [1.29, 1.82) is 0 Å². The zero-order valence-corrected chi connectivity index (χ0v) is 9.05. The monoisotopic (exact) mass is 230 g/mol. The number of thiol groups is 1. The standard InChI is InChI=1S/C9H11ClN2OS/c10-7-3-1-2-6(4-7)8(5-11)12-9(13)14/h1-4,8H,5,11H2,(H2,12,13,14). The molecule has 3 nitrogen and oxygen atoms in total. The van der Waals surface area contributed by atoms with Gasteiger partial charge >= 0.3 is 0 Å². The molecular formula is C9H11ClN2OS. The summed E-state index contributed by atoms with van der Waals surface area (Å²) in [5.41, 5.74) is 6.39. The van der Waals surface area contributed by atoms with Gasteiger partial charge in [0.05, 0.1) is 6.04 Å². The lowest BCUT2D eigenvalue weighted by molar-refractivity contribution is 0.258. The van der Waals surface area contributed by atoms with Crippen molar-refractivity contribution >= 4 is 29.5 Å². The molecule has 0 heterocycles. The summed E-state index contributed by atoms with van der Waals surface area (Å²) in [4.78, 5) is 10.7. The van der Waals surface area contributed by atoms with Gasteiger partial charge in [0, 0.05) is 11.6 Å². The average Bonchev–Trinajstić information content (AvgIpc) is 2.14. The molecule has 1 rings (SSSR count). The van der Waals surface area contributed by atoms with Crippen molar-refractivity contribution in [3.63, 3.8) is 0 Å². The van der Waals surface area contributed by atoms with Crippen LogP contribution in [0.4, 0.5) is 4.79 Å². The Morgan fingerprint density at radius 1 is 1.64 bits per heavy atom. The third-order valence-electron chi connectivity index (χ3n) is 1.78. The highest BCUT2D eigenvalue weighted by molar-refractivity contribution is 7.96. The van der Waals surface area contributed by atoms with Gasteiger partial charge < -0.3 is 11.1 Å². The van der Waals surface area contributed by atoms with Crippen molar-refractivity contribution in [2.24, 2.45) is 5.73 Å². The molecule has 5 heteroatoms. The number of amides is 1. The summed E-state index contributed by atoms with van der Waals surface area (Å²) >= 11 is 9.44. The molecule has 0 spiro atoms. The van der Waals surface area contributed by atoms with Crippen LogP contribution in [0.3, 0.4) is 0 Å². The van der Waals surface area contributed by atoms with Gasteiger partial charge in [-0.2, -0.15) is 0 Å². The van der Waals surface area contributed by atoms with E-state index >= 15 is 0 Å². The Hall–Kier alpha value is -0.710. The fourth-order valence-corrected chi connectivity index (χ4v) is 1.51. The largest absolute Gasteiger partial charge is 0.339 e. The van der Waals surface area contributed by atoms with E-state index in [9.17, 15) is 4.79 Å². The lowest BCUT2D eigenvalue weighted by atomic mass is 10.1. The molecule has 1 unspecified atom stereocenters. The van der Waals surface area contributed by atoms with E-state index in [2.05, 4.69) is 17.9 Å². The molecule has 0 radical (unpaired) electrons. The zero-order valence-electron chi connectivity index (χ0n) is 7.40. The van der Waals surface area contributed by atoms with Gasteiger partial charge in [0.25, 0.3) is 5.24 Å². The second kappa shape index (κ2) is 5.24. The van der Waals surface area contributed by atoms with Crippen LogP contribution in [0, 0.1) is 0 Å². The van der Waals surface area contributed by atoms with Gasteiger partial charge in [-0.1, -0.05) is 36.4 Å². The van der Waals surface area contributed by atoms with Gasteiger partial charge in [0.1, 0.15) is 0 Å². The van der Waals surface area contributed by atoms with Gasteiger partial charge in [0.2, 0.25) is 0 Å². The number of nitrogens with two attached hydrogens (primary N) is 1. The van der Waals surface area contributed by atoms with Crippen molar-refractivity contribution in [2.45, 2.75) is 6.04 Å². The van der Waals surface area contributed by atoms with E-state index in [1.165, 1.54) is 0 Å². The van der Waals surface area contributed by atoms with E-state index in [0.717, 1.165) is 5.56 Å². The third-order valence-corrected chi connectivity index (χ3v) is 2.15. The summed E-state index contributed by atoms with van der Waals surface area (Å²) in [6.07, 6.45) is 0. The Labute approximate surface area is 93.0 Å². The molecule has 14 heavy (non-hydrogen) atoms. The lowest BCUT2D eigenvalue weighted by Crippen LogP contribution is -2.29. The number of carbonyl (C=O) groups excluding carboxylic acids is 1. The quantitative estimate of drug-likeness (QED) is 0.696. The van der Waals surface area contributed by atoms with E-state index in [4.69, 9.17) is 17.3 Å². The maximum Gasteiger partial charge on any atom is 0.276 e. The van der Waals surface area contributed by atoms with Crippen LogP contribution in [0.15, 0.2) is 24.3 Å². The Kier molecular flexibility index (Phi) is 4.25. The molecule has 0 aromatic heterocycles. The minimum atomic E-state index is -0.402. The topological polar surface area (TPSA) is 55.1 Å². The van der Waals surface area contributed by atoms with Crippen molar-refractivity contribution < 1.29 is 4.79 Å². The molecule has 0 saturated carbocycles. The van der Waals surface area contributed by atoms with Crippen molar-refractivity contribution in [3.8, 4) is 0 Å². The van der Waals surface area contributed by atoms with Crippen LogP contribution in [0.25, 0.3) is 0 Å². The molecule has 0 bridgehead atoms. The van der Waals surface area contributed by atoms with Crippen LogP contribution in [0.5, 0.6) is 0 Å². The Morgan fingerprint density at radius 2 is 2.36 bits per heavy atom. The lowest BCUT2D eigenvalue weighted by Gasteiger charge is -2.15. The van der Waals surface area contributed by atoms with Crippen LogP contribution < -0.4 is 11.1 Å². The number of benzene rings is 1. The molecular weight excluding hydrogens is 220 g/mol. The minimum absolute atomic E-state index is 0.237. The number of halogens is 1. The molecule has 0 aliphatic rings. The summed E-state index contributed by atoms with van der Waals surface area (Å²) in [6.45, 7) is 0.312. The highest BCUT2D eigenvalue weighted by Gasteiger charge is 2.10. The van der Waals surface area contributed by atoms with E-state index in [0.29, 0.717) is 11.6 Å². The van der Waals surface area contributed by atoms with Gasteiger partial charge in [-0.25, -0.2) is 0 Å². The average molecular weight is 231 g/mol.